The second-order valence-electron chi connectivity index (χ2n) is 0.691. The Kier molecular flexibility index (Phi) is 77.3. The molecular weight excluding hydrogens is 288 g/mol. The summed E-state index contributed by atoms with van der Waals surface area (Å²) in [7, 11) is -5.17. The Bertz CT molecular complexity index is 167. The van der Waals surface area contributed by atoms with Gasteiger partial charge >= 0.3 is 66.9 Å². The van der Waals surface area contributed by atoms with E-state index in [9.17, 15) is 0 Å². The zero-order valence-corrected chi connectivity index (χ0v) is 11.8. The number of hydrogen-bond acceptors (Lipinski definition) is 6. The van der Waals surface area contributed by atoms with Crippen LogP contribution < -0.4 is 12.4 Å². The average Bonchev–Trinajstić information content (AvgIpc) is 1.19. The molecule has 0 aromatic rings. The average molecular weight is 293 g/mol. The zero-order chi connectivity index (χ0) is 8.08. The van der Waals surface area contributed by atoms with Gasteiger partial charge in [-0.25, -0.2) is 4.79 Å². The smallest absolute Gasteiger partial charge is 1.00 e. The molecule has 0 aliphatic heterocycles. The van der Waals surface area contributed by atoms with E-state index in [-0.39, 0.29) is 84.2 Å². The first kappa shape index (κ1) is 45.3. The number of carbonyl (C=O) groups is 1. The van der Waals surface area contributed by atoms with E-state index in [2.05, 4.69) is 0 Å². The Hall–Kier alpha value is 1.38. The molecule has 0 bridgehead atoms. The van der Waals surface area contributed by atoms with E-state index in [1.54, 1.807) is 0 Å². The van der Waals surface area contributed by atoms with Crippen LogP contribution in [0.1, 0.15) is 0 Å². The van der Waals surface area contributed by atoms with Gasteiger partial charge in [0, 0.05) is 10.4 Å². The first-order valence-electron chi connectivity index (χ1n) is 1.32. The van der Waals surface area contributed by atoms with Crippen LogP contribution in [0.2, 0.25) is 0 Å². The fourth-order valence-electron chi connectivity index (χ4n) is 0. The van der Waals surface area contributed by atoms with Crippen molar-refractivity contribution in [2.45, 2.75) is 0 Å². The van der Waals surface area contributed by atoms with Gasteiger partial charge in [-0.3, -0.25) is 8.42 Å². The third kappa shape index (κ3) is 1080. The van der Waals surface area contributed by atoms with Gasteiger partial charge in [-0.05, 0) is 0 Å². The van der Waals surface area contributed by atoms with Crippen LogP contribution in [-0.2, 0) is 10.4 Å². The molecule has 0 saturated heterocycles. The Morgan fingerprint density at radius 1 is 1.14 bits per heavy atom. The van der Waals surface area contributed by atoms with Gasteiger partial charge in [0.25, 0.3) is 0 Å². The Labute approximate surface area is 132 Å². The molecule has 0 aromatic carbocycles. The van der Waals surface area contributed by atoms with E-state index >= 15 is 0 Å². The van der Waals surface area contributed by atoms with Crippen molar-refractivity contribution in [3.8, 4) is 0 Å². The predicted octanol–water partition coefficient (Wildman–Crippen LogP) is -5.87. The minimum absolute atomic E-state index is 0. The molecule has 0 fully saturated rings. The summed E-state index contributed by atoms with van der Waals surface area (Å²) in [6, 6.07) is 0. The van der Waals surface area contributed by atoms with Crippen LogP contribution in [0.15, 0.2) is 0 Å². The number of halogens is 1. The molecule has 0 saturated carbocycles. The van der Waals surface area contributed by atoms with E-state index in [1.165, 1.54) is 0 Å². The van der Waals surface area contributed by atoms with E-state index in [0.717, 1.165) is 0 Å². The maximum absolute atomic E-state index is 8.56. The molecule has 80 valence electrons. The van der Waals surface area contributed by atoms with Crippen molar-refractivity contribution in [3.05, 3.63) is 0 Å². The van der Waals surface area contributed by atoms with Gasteiger partial charge in [-0.15, -0.1) is 0 Å². The summed E-state index contributed by atoms with van der Waals surface area (Å²) in [4.78, 5) is 8.56. The fraction of sp³-hybridized carbons (Fsp3) is 0. The van der Waals surface area contributed by atoms with Crippen molar-refractivity contribution < 1.29 is 55.9 Å². The summed E-state index contributed by atoms with van der Waals surface area (Å²) in [6.45, 7) is 0. The normalized spacial score (nSPS) is 5.86. The van der Waals surface area contributed by atoms with Gasteiger partial charge < -0.3 is 42.7 Å². The van der Waals surface area contributed by atoms with E-state index < -0.39 is 16.6 Å². The summed E-state index contributed by atoms with van der Waals surface area (Å²) >= 11 is 0. The maximum atomic E-state index is 8.56. The molecule has 0 aromatic heterocycles. The summed E-state index contributed by atoms with van der Waals surface area (Å²) in [5.74, 6) is 0. The van der Waals surface area contributed by atoms with Crippen molar-refractivity contribution >= 4 is 77.3 Å². The molecule has 0 heterocycles. The van der Waals surface area contributed by atoms with Crippen molar-refractivity contribution in [2.24, 2.45) is 0 Å². The SMILES string of the molecule is O.O=C(O)O.O=S(=O)([O-])[O-].[Ca+2].[Cl-].[Mg+2].[OH-]. The molecule has 0 amide bonds. The molecule has 5 N–H and O–H groups in total. The van der Waals surface area contributed by atoms with Crippen LogP contribution in [0.25, 0.3) is 0 Å². The largest absolute Gasteiger partial charge is 2.00 e. The third-order valence-corrected chi connectivity index (χ3v) is 0. The van der Waals surface area contributed by atoms with Crippen LogP contribution >= 0.6 is 0 Å². The van der Waals surface area contributed by atoms with Gasteiger partial charge in [-0.2, -0.15) is 0 Å². The monoisotopic (exact) mass is 292 g/mol. The molecule has 0 atom stereocenters. The molecule has 9 nitrogen and oxygen atoms in total. The molecule has 0 rings (SSSR count). The van der Waals surface area contributed by atoms with Crippen molar-refractivity contribution in [1.82, 2.24) is 0 Å². The molecule has 13 heteroatoms. The van der Waals surface area contributed by atoms with Gasteiger partial charge in [0.15, 0.2) is 0 Å². The molecule has 0 radical (unpaired) electrons. The molecule has 0 unspecified atom stereocenters. The minimum atomic E-state index is -5.17. The van der Waals surface area contributed by atoms with Crippen LogP contribution in [0.3, 0.4) is 0 Å². The second kappa shape index (κ2) is 23.9. The van der Waals surface area contributed by atoms with Crippen molar-refractivity contribution in [3.63, 3.8) is 0 Å². The molecule has 0 spiro atoms. The quantitative estimate of drug-likeness (QED) is 0.249. The van der Waals surface area contributed by atoms with Gasteiger partial charge in [-0.1, -0.05) is 0 Å². The number of rotatable bonds is 0. The second-order valence-corrected chi connectivity index (χ2v) is 1.51. The van der Waals surface area contributed by atoms with Gasteiger partial charge in [0.2, 0.25) is 0 Å². The van der Waals surface area contributed by atoms with Crippen molar-refractivity contribution in [1.29, 1.82) is 0 Å². The zero-order valence-electron chi connectivity index (χ0n) is 6.58. The molecule has 14 heavy (non-hydrogen) atoms. The van der Waals surface area contributed by atoms with Crippen LogP contribution in [0, 0.1) is 0 Å². The topological polar surface area (TPSA) is 199 Å². The van der Waals surface area contributed by atoms with Gasteiger partial charge in [0.05, 0.1) is 0 Å². The third-order valence-electron chi connectivity index (χ3n) is 0. The summed E-state index contributed by atoms with van der Waals surface area (Å²) in [5, 5.41) is 13.9. The Balaban J connectivity index is -0.0000000104. The first-order valence-corrected chi connectivity index (χ1v) is 2.65. The summed E-state index contributed by atoms with van der Waals surface area (Å²) < 4.78 is 34.1. The number of carboxylic acid groups (broad SMARTS) is 2. The molecular formula is CH5CaClMgO9S. The fourth-order valence-corrected chi connectivity index (χ4v) is 0. The van der Waals surface area contributed by atoms with Crippen LogP contribution in [-0.4, -0.2) is 106 Å². The van der Waals surface area contributed by atoms with Crippen LogP contribution in [0.4, 0.5) is 4.79 Å². The minimum Gasteiger partial charge on any atom is -1.00 e. The van der Waals surface area contributed by atoms with Crippen molar-refractivity contribution in [2.75, 3.05) is 0 Å². The van der Waals surface area contributed by atoms with Gasteiger partial charge in [0.1, 0.15) is 0 Å². The molecule has 0 aliphatic carbocycles. The maximum Gasteiger partial charge on any atom is 2.00 e. The van der Waals surface area contributed by atoms with E-state index in [1.807, 2.05) is 0 Å². The number of hydrogen-bond donors (Lipinski definition) is 2. The Morgan fingerprint density at radius 2 is 1.14 bits per heavy atom. The van der Waals surface area contributed by atoms with E-state index in [4.69, 9.17) is 32.5 Å². The predicted molar refractivity (Wildman–Crippen MR) is 38.2 cm³/mol. The first-order chi connectivity index (χ1) is 3.73. The Morgan fingerprint density at radius 3 is 1.14 bits per heavy atom. The standard InChI is InChI=1S/CH2O3.Ca.ClH.Mg.H2O4S.2H2O/c2-1(3)4;;;;1-5(2,3)4;;/h(H2,2,3,4);;1H;;(H2,1,2,3,4);2*1H2/q;+2;;+2;;;/p-4. The van der Waals surface area contributed by atoms with Crippen LogP contribution in [0.5, 0.6) is 0 Å². The molecule has 0 aliphatic rings. The summed E-state index contributed by atoms with van der Waals surface area (Å²) in [6.07, 6.45) is -1.83. The van der Waals surface area contributed by atoms with E-state index in [0.29, 0.717) is 0 Å². The summed E-state index contributed by atoms with van der Waals surface area (Å²) in [5.41, 5.74) is 0.